The number of sulfone groups is 1. The quantitative estimate of drug-likeness (QED) is 0.697. The molecule has 2 N–H and O–H groups in total. The molecule has 96 valence electrons. The van der Waals surface area contributed by atoms with Gasteiger partial charge in [-0.3, -0.25) is 14.3 Å². The van der Waals surface area contributed by atoms with Gasteiger partial charge in [-0.1, -0.05) is 0 Å². The van der Waals surface area contributed by atoms with Crippen LogP contribution in [0.2, 0.25) is 0 Å². The molecule has 3 heterocycles. The van der Waals surface area contributed by atoms with Gasteiger partial charge in [0.2, 0.25) is 0 Å². The SMILES string of the molecule is O=c1ccn2c(C3CS(=O)(=O)CCN3)n[nH]c2c1. The zero-order valence-electron chi connectivity index (χ0n) is 9.46. The minimum absolute atomic E-state index is 0.0269. The number of aromatic amines is 1. The van der Waals surface area contributed by atoms with E-state index in [9.17, 15) is 13.2 Å². The number of hydrogen-bond donors (Lipinski definition) is 2. The fourth-order valence-electron chi connectivity index (χ4n) is 2.13. The van der Waals surface area contributed by atoms with Crippen LogP contribution in [0.4, 0.5) is 0 Å². The summed E-state index contributed by atoms with van der Waals surface area (Å²) in [6.45, 7) is 0.418. The molecule has 1 aliphatic rings. The largest absolute Gasteiger partial charge is 0.305 e. The molecule has 1 unspecified atom stereocenters. The van der Waals surface area contributed by atoms with Crippen LogP contribution in [0.1, 0.15) is 11.9 Å². The second-order valence-electron chi connectivity index (χ2n) is 4.32. The van der Waals surface area contributed by atoms with Crippen molar-refractivity contribution in [2.24, 2.45) is 0 Å². The first-order chi connectivity index (χ1) is 8.55. The third-order valence-corrected chi connectivity index (χ3v) is 4.66. The van der Waals surface area contributed by atoms with Crippen molar-refractivity contribution in [1.82, 2.24) is 19.9 Å². The van der Waals surface area contributed by atoms with Crippen LogP contribution in [0, 0.1) is 0 Å². The first-order valence-corrected chi connectivity index (χ1v) is 7.38. The summed E-state index contributed by atoms with van der Waals surface area (Å²) in [6, 6.07) is 2.50. The smallest absolute Gasteiger partial charge is 0.183 e. The highest BCUT2D eigenvalue weighted by Gasteiger charge is 2.28. The monoisotopic (exact) mass is 268 g/mol. The molecule has 7 nitrogen and oxygen atoms in total. The van der Waals surface area contributed by atoms with Gasteiger partial charge in [-0.25, -0.2) is 8.42 Å². The molecule has 1 aliphatic heterocycles. The second kappa shape index (κ2) is 3.92. The van der Waals surface area contributed by atoms with E-state index in [1.807, 2.05) is 0 Å². The summed E-state index contributed by atoms with van der Waals surface area (Å²) >= 11 is 0. The van der Waals surface area contributed by atoms with Gasteiger partial charge in [0.15, 0.2) is 21.1 Å². The molecule has 18 heavy (non-hydrogen) atoms. The van der Waals surface area contributed by atoms with Crippen LogP contribution in [0.5, 0.6) is 0 Å². The Morgan fingerprint density at radius 2 is 2.28 bits per heavy atom. The fourth-order valence-corrected chi connectivity index (χ4v) is 3.50. The first kappa shape index (κ1) is 11.4. The Morgan fingerprint density at radius 1 is 1.44 bits per heavy atom. The minimum atomic E-state index is -3.03. The van der Waals surface area contributed by atoms with Crippen molar-refractivity contribution in [1.29, 1.82) is 0 Å². The topological polar surface area (TPSA) is 96.3 Å². The zero-order chi connectivity index (χ0) is 12.8. The Labute approximate surface area is 103 Å². The van der Waals surface area contributed by atoms with Crippen LogP contribution >= 0.6 is 0 Å². The zero-order valence-corrected chi connectivity index (χ0v) is 10.3. The van der Waals surface area contributed by atoms with Crippen molar-refractivity contribution in [3.05, 3.63) is 34.4 Å². The molecule has 2 aromatic rings. The van der Waals surface area contributed by atoms with Gasteiger partial charge in [0.1, 0.15) is 5.65 Å². The van der Waals surface area contributed by atoms with E-state index < -0.39 is 9.84 Å². The van der Waals surface area contributed by atoms with Gasteiger partial charge in [0.05, 0.1) is 17.5 Å². The highest BCUT2D eigenvalue weighted by molar-refractivity contribution is 7.91. The number of pyridine rings is 1. The maximum atomic E-state index is 11.6. The van der Waals surface area contributed by atoms with E-state index in [0.29, 0.717) is 18.0 Å². The summed E-state index contributed by atoms with van der Waals surface area (Å²) in [6.07, 6.45) is 1.60. The highest BCUT2D eigenvalue weighted by Crippen LogP contribution is 2.17. The summed E-state index contributed by atoms with van der Waals surface area (Å²) < 4.78 is 24.9. The van der Waals surface area contributed by atoms with E-state index in [4.69, 9.17) is 0 Å². The molecule has 0 aliphatic carbocycles. The van der Waals surface area contributed by atoms with E-state index in [1.165, 1.54) is 12.1 Å². The lowest BCUT2D eigenvalue weighted by Gasteiger charge is -2.22. The Bertz CT molecular complexity index is 746. The number of fused-ring (bicyclic) bond motifs is 1. The summed E-state index contributed by atoms with van der Waals surface area (Å²) in [5.74, 6) is 0.758. The van der Waals surface area contributed by atoms with Crippen LogP contribution in [-0.2, 0) is 9.84 Å². The summed E-state index contributed by atoms with van der Waals surface area (Å²) in [5.41, 5.74) is 0.441. The number of nitrogens with zero attached hydrogens (tertiary/aromatic N) is 2. The van der Waals surface area contributed by atoms with E-state index in [2.05, 4.69) is 15.5 Å². The minimum Gasteiger partial charge on any atom is -0.305 e. The average molecular weight is 268 g/mol. The molecule has 3 rings (SSSR count). The van der Waals surface area contributed by atoms with Crippen LogP contribution in [-0.4, -0.2) is 41.1 Å². The highest BCUT2D eigenvalue weighted by atomic mass is 32.2. The third kappa shape index (κ3) is 1.93. The Balaban J connectivity index is 2.07. The van der Waals surface area contributed by atoms with Crippen LogP contribution < -0.4 is 10.7 Å². The van der Waals surface area contributed by atoms with Crippen LogP contribution in [0.15, 0.2) is 23.1 Å². The molecule has 0 radical (unpaired) electrons. The molecule has 8 heteroatoms. The van der Waals surface area contributed by atoms with Crippen LogP contribution in [0.3, 0.4) is 0 Å². The maximum absolute atomic E-state index is 11.6. The van der Waals surface area contributed by atoms with Gasteiger partial charge in [-0.15, -0.1) is 0 Å². The molecule has 0 saturated carbocycles. The van der Waals surface area contributed by atoms with E-state index in [0.717, 1.165) is 0 Å². The number of H-pyrrole nitrogens is 1. The predicted molar refractivity (Wildman–Crippen MR) is 65.2 cm³/mol. The Morgan fingerprint density at radius 3 is 3.06 bits per heavy atom. The summed E-state index contributed by atoms with van der Waals surface area (Å²) in [5, 5.41) is 9.95. The van der Waals surface area contributed by atoms with E-state index in [1.54, 1.807) is 10.6 Å². The van der Waals surface area contributed by atoms with E-state index >= 15 is 0 Å². The van der Waals surface area contributed by atoms with Crippen molar-refractivity contribution in [3.8, 4) is 0 Å². The molecular formula is C10H12N4O3S. The van der Waals surface area contributed by atoms with Gasteiger partial charge in [-0.05, 0) is 0 Å². The number of hydrogen-bond acceptors (Lipinski definition) is 5. The Kier molecular flexibility index (Phi) is 2.49. The van der Waals surface area contributed by atoms with Gasteiger partial charge in [0.25, 0.3) is 0 Å². The van der Waals surface area contributed by atoms with Gasteiger partial charge < -0.3 is 5.32 Å². The molecule has 1 fully saturated rings. The third-order valence-electron chi connectivity index (χ3n) is 2.99. The Hall–Kier alpha value is -1.67. The molecule has 0 spiro atoms. The summed E-state index contributed by atoms with van der Waals surface area (Å²) in [4.78, 5) is 11.2. The molecular weight excluding hydrogens is 256 g/mol. The molecule has 2 aromatic heterocycles. The standard InChI is InChI=1S/C10H12N4O3S/c15-7-1-3-14-9(5-7)12-13-10(14)8-6-18(16,17)4-2-11-8/h1,3,5,8,11-12H,2,4,6H2. The first-order valence-electron chi connectivity index (χ1n) is 5.56. The van der Waals surface area contributed by atoms with Gasteiger partial charge in [-0.2, -0.15) is 5.10 Å². The van der Waals surface area contributed by atoms with Crippen molar-refractivity contribution in [2.75, 3.05) is 18.1 Å². The molecule has 0 aromatic carbocycles. The molecule has 1 atom stereocenters. The van der Waals surface area contributed by atoms with Crippen molar-refractivity contribution >= 4 is 15.5 Å². The predicted octanol–water partition coefficient (Wildman–Crippen LogP) is -0.918. The van der Waals surface area contributed by atoms with Crippen LogP contribution in [0.25, 0.3) is 5.65 Å². The number of nitrogens with one attached hydrogen (secondary N) is 2. The van der Waals surface area contributed by atoms with Crippen molar-refractivity contribution < 1.29 is 8.42 Å². The van der Waals surface area contributed by atoms with E-state index in [-0.39, 0.29) is 23.0 Å². The maximum Gasteiger partial charge on any atom is 0.183 e. The van der Waals surface area contributed by atoms with Crippen molar-refractivity contribution in [3.63, 3.8) is 0 Å². The second-order valence-corrected chi connectivity index (χ2v) is 6.55. The molecule has 0 bridgehead atoms. The number of aromatic nitrogens is 3. The lowest BCUT2D eigenvalue weighted by molar-refractivity contribution is 0.512. The van der Waals surface area contributed by atoms with Gasteiger partial charge in [0, 0.05) is 24.9 Å². The lowest BCUT2D eigenvalue weighted by Crippen LogP contribution is -2.40. The normalized spacial score (nSPS) is 23.2. The molecule has 1 saturated heterocycles. The average Bonchev–Trinajstić information content (AvgIpc) is 2.70. The van der Waals surface area contributed by atoms with Gasteiger partial charge >= 0.3 is 0 Å². The molecule has 0 amide bonds. The lowest BCUT2D eigenvalue weighted by atomic mass is 10.3. The fraction of sp³-hybridized carbons (Fsp3) is 0.400. The number of rotatable bonds is 1. The van der Waals surface area contributed by atoms with Crippen molar-refractivity contribution in [2.45, 2.75) is 6.04 Å². The summed E-state index contributed by atoms with van der Waals surface area (Å²) in [7, 11) is -3.03.